The van der Waals surface area contributed by atoms with Gasteiger partial charge in [-0.15, -0.1) is 0 Å². The molecule has 0 unspecified atom stereocenters. The smallest absolute Gasteiger partial charge is 0.390 e. The largest absolute Gasteiger partial charge is 2.00 e. The van der Waals surface area contributed by atoms with Crippen LogP contribution in [0.25, 0.3) is 0 Å². The number of amides is 1. The van der Waals surface area contributed by atoms with Gasteiger partial charge in [0.05, 0.1) is 13.2 Å². The molecule has 1 saturated carbocycles. The van der Waals surface area contributed by atoms with Gasteiger partial charge in [-0.25, -0.2) is 0 Å². The summed E-state index contributed by atoms with van der Waals surface area (Å²) in [5.74, 6) is -1.78. The Bertz CT molecular complexity index is 263. The van der Waals surface area contributed by atoms with Crippen LogP contribution < -0.4 is 5.32 Å². The van der Waals surface area contributed by atoms with Crippen molar-refractivity contribution in [3.63, 3.8) is 0 Å². The molecule has 1 aliphatic carbocycles. The number of carbonyl (C=O) groups excluding carboxylic acids is 1. The third-order valence-corrected chi connectivity index (χ3v) is 3.07. The van der Waals surface area contributed by atoms with Crippen LogP contribution in [0.1, 0.15) is 25.7 Å². The number of rotatable bonds is 2. The molecule has 0 aromatic carbocycles. The van der Waals surface area contributed by atoms with E-state index in [0.29, 0.717) is 38.9 Å². The molecule has 1 spiro atoms. The molecule has 0 aromatic rings. The molecule has 1 amide bonds. The van der Waals surface area contributed by atoms with E-state index in [9.17, 15) is 13.6 Å². The fraction of sp³-hybridized carbons (Fsp3) is 0.727. The monoisotopic (exact) mass is 441 g/mol. The van der Waals surface area contributed by atoms with Gasteiger partial charge in [-0.1, -0.05) is 0 Å². The summed E-state index contributed by atoms with van der Waals surface area (Å²) in [5, 5.41) is 2.29. The van der Waals surface area contributed by atoms with E-state index in [4.69, 9.17) is 9.47 Å². The number of ether oxygens (including phenoxy) is 2. The predicted molar refractivity (Wildman–Crippen MR) is 56.9 cm³/mol. The second-order valence-electron chi connectivity index (χ2n) is 4.12. The van der Waals surface area contributed by atoms with E-state index in [1.54, 1.807) is 0 Å². The van der Waals surface area contributed by atoms with Crippen LogP contribution in [-0.2, 0) is 34.1 Å². The van der Waals surface area contributed by atoms with Gasteiger partial charge in [-0.2, -0.15) is 0 Å². The predicted octanol–water partition coefficient (Wildman–Crippen LogP) is 1.66. The molecular weight excluding hydrogens is 422 g/mol. The van der Waals surface area contributed by atoms with E-state index in [2.05, 4.69) is 5.32 Å². The van der Waals surface area contributed by atoms with Crippen LogP contribution in [-0.4, -0.2) is 30.9 Å². The Morgan fingerprint density at radius 1 is 1.22 bits per heavy atom. The average molecular weight is 439 g/mol. The number of halogens is 2. The van der Waals surface area contributed by atoms with E-state index < -0.39 is 18.1 Å². The molecule has 2 aliphatic rings. The molecule has 1 aliphatic heterocycles. The van der Waals surface area contributed by atoms with Gasteiger partial charge in [0.1, 0.15) is 5.91 Å². The third-order valence-electron chi connectivity index (χ3n) is 3.07. The Kier molecular flexibility index (Phi) is 7.27. The minimum atomic E-state index is -2.19. The standard InChI is InChI=1S/C10H14F2NO3.CH3.Os/c11-8(12)9(14)13-7-1-3-10(4-2-7)15-5-6-16-10;;/h7H,1-6H2,(H,13,14);1H3;/q2*-1;+2. The molecule has 0 atom stereocenters. The van der Waals surface area contributed by atoms with Gasteiger partial charge < -0.3 is 35.8 Å². The van der Waals surface area contributed by atoms with Gasteiger partial charge in [0.25, 0.3) is 0 Å². The van der Waals surface area contributed by atoms with E-state index in [1.807, 2.05) is 0 Å². The Morgan fingerprint density at radius 2 is 1.72 bits per heavy atom. The molecule has 2 fully saturated rings. The molecule has 0 bridgehead atoms. The van der Waals surface area contributed by atoms with Crippen molar-refractivity contribution in [2.24, 2.45) is 0 Å². The Hall–Kier alpha value is -0.244. The van der Waals surface area contributed by atoms with Crippen molar-refractivity contribution < 1.29 is 42.8 Å². The summed E-state index contributed by atoms with van der Waals surface area (Å²) < 4.78 is 34.9. The summed E-state index contributed by atoms with van der Waals surface area (Å²) in [4.78, 5) is 10.8. The van der Waals surface area contributed by atoms with Gasteiger partial charge in [0, 0.05) is 25.3 Å². The van der Waals surface area contributed by atoms with Crippen molar-refractivity contribution in [3.8, 4) is 0 Å². The number of hydrogen-bond donors (Lipinski definition) is 1. The zero-order valence-electron chi connectivity index (χ0n) is 10.2. The molecule has 2 rings (SSSR count). The summed E-state index contributed by atoms with van der Waals surface area (Å²) in [7, 11) is 0. The Balaban J connectivity index is 0.00000144. The minimum absolute atomic E-state index is 0. The zero-order chi connectivity index (χ0) is 11.6. The van der Waals surface area contributed by atoms with Crippen molar-refractivity contribution in [2.75, 3.05) is 13.2 Å². The third kappa shape index (κ3) is 4.15. The molecule has 1 saturated heterocycles. The molecule has 7 heteroatoms. The molecular formula is C11H17F2NO3Os. The summed E-state index contributed by atoms with van der Waals surface area (Å²) in [6.07, 6.45) is 0.323. The van der Waals surface area contributed by atoms with Crippen molar-refractivity contribution in [3.05, 3.63) is 13.9 Å². The first-order valence-corrected chi connectivity index (χ1v) is 5.38. The maximum absolute atomic E-state index is 11.9. The SMILES string of the molecule is O=C(NC1CCC2(CC1)OCCO2)[C-](F)F.[CH3-].[Os+2]. The number of hydrogen-bond acceptors (Lipinski definition) is 3. The first-order valence-electron chi connectivity index (χ1n) is 5.38. The van der Waals surface area contributed by atoms with E-state index in [-0.39, 0.29) is 33.3 Å². The van der Waals surface area contributed by atoms with Crippen LogP contribution in [0.15, 0.2) is 0 Å². The number of nitrogens with one attached hydrogen (secondary N) is 1. The van der Waals surface area contributed by atoms with Crippen molar-refractivity contribution in [1.82, 2.24) is 5.32 Å². The summed E-state index contributed by atoms with van der Waals surface area (Å²) in [6, 6.07) is -0.201. The maximum atomic E-state index is 11.9. The normalized spacial score (nSPS) is 21.9. The Labute approximate surface area is 119 Å². The first kappa shape index (κ1) is 17.8. The van der Waals surface area contributed by atoms with E-state index >= 15 is 0 Å². The van der Waals surface area contributed by atoms with Gasteiger partial charge in [-0.3, -0.25) is 0 Å². The quantitative estimate of drug-likeness (QED) is 0.666. The van der Waals surface area contributed by atoms with Crippen LogP contribution in [0.5, 0.6) is 0 Å². The summed E-state index contributed by atoms with van der Waals surface area (Å²) in [5.41, 5.74) is 0. The molecule has 0 radical (unpaired) electrons. The van der Waals surface area contributed by atoms with Crippen LogP contribution >= 0.6 is 0 Å². The second-order valence-corrected chi connectivity index (χ2v) is 4.12. The topological polar surface area (TPSA) is 47.6 Å². The summed E-state index contributed by atoms with van der Waals surface area (Å²) >= 11 is 0. The summed E-state index contributed by atoms with van der Waals surface area (Å²) in [6.45, 7) is 1.17. The molecule has 1 heterocycles. The average Bonchev–Trinajstić information content (AvgIpc) is 2.70. The van der Waals surface area contributed by atoms with Gasteiger partial charge in [0.15, 0.2) is 5.79 Å². The minimum Gasteiger partial charge on any atom is -0.390 e. The molecule has 18 heavy (non-hydrogen) atoms. The zero-order valence-corrected chi connectivity index (χ0v) is 12.7. The molecule has 4 nitrogen and oxygen atoms in total. The van der Waals surface area contributed by atoms with Gasteiger partial charge in [0.2, 0.25) is 0 Å². The van der Waals surface area contributed by atoms with Crippen LogP contribution in [0.4, 0.5) is 8.78 Å². The van der Waals surface area contributed by atoms with Crippen LogP contribution in [0.3, 0.4) is 0 Å². The molecule has 1 N–H and O–H groups in total. The fourth-order valence-corrected chi connectivity index (χ4v) is 2.23. The Morgan fingerprint density at radius 3 is 2.17 bits per heavy atom. The van der Waals surface area contributed by atoms with E-state index in [1.165, 1.54) is 0 Å². The molecule has 0 aromatic heterocycles. The van der Waals surface area contributed by atoms with Crippen LogP contribution in [0, 0.1) is 13.9 Å². The second kappa shape index (κ2) is 7.37. The van der Waals surface area contributed by atoms with Crippen molar-refractivity contribution >= 4 is 5.91 Å². The van der Waals surface area contributed by atoms with Crippen LogP contribution in [0.2, 0.25) is 0 Å². The number of carbonyl (C=O) groups is 1. The van der Waals surface area contributed by atoms with E-state index in [0.717, 1.165) is 0 Å². The van der Waals surface area contributed by atoms with Gasteiger partial charge >= 0.3 is 19.8 Å². The van der Waals surface area contributed by atoms with Crippen molar-refractivity contribution in [1.29, 1.82) is 0 Å². The van der Waals surface area contributed by atoms with Crippen molar-refractivity contribution in [2.45, 2.75) is 37.5 Å². The maximum Gasteiger partial charge on any atom is 2.00 e. The molecule has 106 valence electrons. The van der Waals surface area contributed by atoms with Gasteiger partial charge in [-0.05, 0) is 12.8 Å². The fourth-order valence-electron chi connectivity index (χ4n) is 2.23. The first-order chi connectivity index (χ1) is 7.61.